The van der Waals surface area contributed by atoms with E-state index in [2.05, 4.69) is 5.32 Å². The third kappa shape index (κ3) is 1.88. The molecule has 0 atom stereocenters. The van der Waals surface area contributed by atoms with Crippen molar-refractivity contribution in [2.24, 2.45) is 0 Å². The number of nitrogens with one attached hydrogen (secondary N) is 2. The van der Waals surface area contributed by atoms with Crippen LogP contribution in [0.25, 0.3) is 0 Å². The summed E-state index contributed by atoms with van der Waals surface area (Å²) in [4.78, 5) is 12.1. The molecule has 2 N–H and O–H groups in total. The summed E-state index contributed by atoms with van der Waals surface area (Å²) in [5.41, 5.74) is 6.83. The number of rotatable bonds is 0. The maximum atomic E-state index is 10.5. The summed E-state index contributed by atoms with van der Waals surface area (Å²) in [6.45, 7) is 3.20. The van der Waals surface area contributed by atoms with Gasteiger partial charge in [-0.2, -0.15) is 0 Å². The van der Waals surface area contributed by atoms with Gasteiger partial charge in [-0.1, -0.05) is 0 Å². The van der Waals surface area contributed by atoms with Crippen LogP contribution in [-0.4, -0.2) is 37.1 Å². The van der Waals surface area contributed by atoms with Crippen molar-refractivity contribution in [3.63, 3.8) is 0 Å². The van der Waals surface area contributed by atoms with Crippen LogP contribution in [0.4, 0.5) is 4.79 Å². The van der Waals surface area contributed by atoms with E-state index in [1.165, 1.54) is 0 Å². The first kappa shape index (κ1) is 7.34. The molecule has 0 aromatic heterocycles. The zero-order chi connectivity index (χ0) is 7.40. The Morgan fingerprint density at radius 2 is 2.20 bits per heavy atom. The lowest BCUT2D eigenvalue weighted by molar-refractivity contribution is 0.209. The molecule has 0 aliphatic carbocycles. The molecule has 2 amide bonds. The summed E-state index contributed by atoms with van der Waals surface area (Å²) < 4.78 is 0. The van der Waals surface area contributed by atoms with E-state index in [0.29, 0.717) is 6.54 Å². The number of carbonyl (C=O) groups is 1. The first-order chi connectivity index (χ1) is 4.80. The molecule has 1 saturated heterocycles. The molecule has 1 aliphatic heterocycles. The van der Waals surface area contributed by atoms with Crippen LogP contribution in [0.5, 0.6) is 0 Å². The molecular weight excluding hydrogens is 130 g/mol. The molecule has 0 unspecified atom stereocenters. The van der Waals surface area contributed by atoms with E-state index < -0.39 is 6.03 Å². The molecular formula is C6H12N3O. The van der Waals surface area contributed by atoms with Gasteiger partial charge in [0.25, 0.3) is 0 Å². The summed E-state index contributed by atoms with van der Waals surface area (Å²) in [6.07, 6.45) is 0.963. The minimum atomic E-state index is -0.552. The van der Waals surface area contributed by atoms with Gasteiger partial charge in [-0.05, 0) is 13.0 Å². The van der Waals surface area contributed by atoms with E-state index in [1.54, 1.807) is 4.90 Å². The maximum Gasteiger partial charge on any atom is 0.336 e. The number of urea groups is 1. The molecule has 57 valence electrons. The molecule has 1 fully saturated rings. The Labute approximate surface area is 60.4 Å². The Morgan fingerprint density at radius 3 is 2.90 bits per heavy atom. The number of hydrogen-bond donors (Lipinski definition) is 1. The van der Waals surface area contributed by atoms with Crippen LogP contribution < -0.4 is 11.1 Å². The first-order valence-electron chi connectivity index (χ1n) is 3.52. The van der Waals surface area contributed by atoms with Crippen LogP contribution in [0.15, 0.2) is 0 Å². The second-order valence-electron chi connectivity index (χ2n) is 2.40. The average molecular weight is 142 g/mol. The zero-order valence-corrected chi connectivity index (χ0v) is 5.89. The number of amides is 2. The van der Waals surface area contributed by atoms with Crippen molar-refractivity contribution in [1.29, 1.82) is 0 Å². The van der Waals surface area contributed by atoms with Crippen molar-refractivity contribution in [3.05, 3.63) is 0 Å². The van der Waals surface area contributed by atoms with Crippen LogP contribution in [-0.2, 0) is 0 Å². The van der Waals surface area contributed by atoms with E-state index in [9.17, 15) is 4.79 Å². The fourth-order valence-electron chi connectivity index (χ4n) is 1.05. The van der Waals surface area contributed by atoms with Gasteiger partial charge in [0.2, 0.25) is 0 Å². The predicted octanol–water partition coefficient (Wildman–Crippen LogP) is -0.315. The monoisotopic (exact) mass is 142 g/mol. The Bertz CT molecular complexity index is 118. The van der Waals surface area contributed by atoms with Gasteiger partial charge in [0.05, 0.1) is 0 Å². The largest absolute Gasteiger partial charge is 0.336 e. The van der Waals surface area contributed by atoms with E-state index >= 15 is 0 Å². The molecule has 4 heteroatoms. The van der Waals surface area contributed by atoms with Crippen LogP contribution in [0.2, 0.25) is 0 Å². The highest BCUT2D eigenvalue weighted by Crippen LogP contribution is 1.93. The first-order valence-corrected chi connectivity index (χ1v) is 3.52. The minimum absolute atomic E-state index is 0.552. The van der Waals surface area contributed by atoms with Crippen LogP contribution in [0.3, 0.4) is 0 Å². The van der Waals surface area contributed by atoms with Crippen LogP contribution in [0.1, 0.15) is 6.42 Å². The fourth-order valence-corrected chi connectivity index (χ4v) is 1.05. The van der Waals surface area contributed by atoms with E-state index in [1.807, 2.05) is 0 Å². The SMILES string of the molecule is [NH]C(=O)N1CCCNCC1. The molecule has 0 aromatic carbocycles. The van der Waals surface area contributed by atoms with Crippen LogP contribution >= 0.6 is 0 Å². The smallest absolute Gasteiger partial charge is 0.322 e. The van der Waals surface area contributed by atoms with E-state index in [4.69, 9.17) is 5.73 Å². The molecule has 0 aromatic rings. The number of carbonyl (C=O) groups excluding carboxylic acids is 1. The average Bonchev–Trinajstić information content (AvgIpc) is 2.12. The molecule has 10 heavy (non-hydrogen) atoms. The summed E-state index contributed by atoms with van der Waals surface area (Å²) in [6, 6.07) is -0.552. The number of hydrogen-bond acceptors (Lipinski definition) is 2. The van der Waals surface area contributed by atoms with E-state index in [0.717, 1.165) is 26.1 Å². The van der Waals surface area contributed by atoms with Crippen molar-refractivity contribution in [1.82, 2.24) is 16.0 Å². The summed E-state index contributed by atoms with van der Waals surface area (Å²) >= 11 is 0. The minimum Gasteiger partial charge on any atom is -0.322 e. The Morgan fingerprint density at radius 1 is 1.40 bits per heavy atom. The van der Waals surface area contributed by atoms with Crippen molar-refractivity contribution >= 4 is 6.03 Å². The lowest BCUT2D eigenvalue weighted by atomic mass is 10.4. The van der Waals surface area contributed by atoms with Crippen molar-refractivity contribution in [2.75, 3.05) is 26.2 Å². The molecule has 0 spiro atoms. The highest BCUT2D eigenvalue weighted by atomic mass is 16.2. The lowest BCUT2D eigenvalue weighted by Crippen LogP contribution is -2.33. The predicted molar refractivity (Wildman–Crippen MR) is 37.6 cm³/mol. The normalized spacial score (nSPS) is 20.2. The molecule has 0 saturated carbocycles. The third-order valence-corrected chi connectivity index (χ3v) is 1.63. The third-order valence-electron chi connectivity index (χ3n) is 1.63. The standard InChI is InChI=1S/C6H12N3O/c7-6(10)9-4-1-2-8-3-5-9/h7-8H,1-5H2. The molecule has 1 heterocycles. The lowest BCUT2D eigenvalue weighted by Gasteiger charge is -2.15. The molecule has 1 rings (SSSR count). The van der Waals surface area contributed by atoms with Gasteiger partial charge in [-0.3, -0.25) is 0 Å². The molecule has 1 radical (unpaired) electrons. The molecule has 1 aliphatic rings. The topological polar surface area (TPSA) is 56.1 Å². The van der Waals surface area contributed by atoms with Crippen LogP contribution in [0, 0.1) is 0 Å². The molecule has 0 bridgehead atoms. The van der Waals surface area contributed by atoms with Crippen molar-refractivity contribution in [3.8, 4) is 0 Å². The fraction of sp³-hybridized carbons (Fsp3) is 0.833. The Balaban J connectivity index is 2.35. The van der Waals surface area contributed by atoms with Crippen molar-refractivity contribution in [2.45, 2.75) is 6.42 Å². The molecule has 4 nitrogen and oxygen atoms in total. The number of nitrogens with zero attached hydrogens (tertiary/aromatic N) is 1. The zero-order valence-electron chi connectivity index (χ0n) is 5.89. The quantitative estimate of drug-likeness (QED) is 0.504. The van der Waals surface area contributed by atoms with Gasteiger partial charge in [0, 0.05) is 19.6 Å². The van der Waals surface area contributed by atoms with E-state index in [-0.39, 0.29) is 0 Å². The summed E-state index contributed by atoms with van der Waals surface area (Å²) in [7, 11) is 0. The maximum absolute atomic E-state index is 10.5. The summed E-state index contributed by atoms with van der Waals surface area (Å²) in [5, 5.41) is 3.15. The van der Waals surface area contributed by atoms with Gasteiger partial charge in [-0.25, -0.2) is 10.5 Å². The van der Waals surface area contributed by atoms with Gasteiger partial charge in [0.15, 0.2) is 0 Å². The second kappa shape index (κ2) is 3.41. The van der Waals surface area contributed by atoms with Crippen molar-refractivity contribution < 1.29 is 4.79 Å². The van der Waals surface area contributed by atoms with Gasteiger partial charge in [0.1, 0.15) is 0 Å². The Hall–Kier alpha value is -0.770. The Kier molecular flexibility index (Phi) is 2.50. The van der Waals surface area contributed by atoms with Gasteiger partial charge < -0.3 is 10.2 Å². The summed E-state index contributed by atoms with van der Waals surface area (Å²) in [5.74, 6) is 0. The highest BCUT2D eigenvalue weighted by Gasteiger charge is 2.11. The highest BCUT2D eigenvalue weighted by molar-refractivity contribution is 5.71. The van der Waals surface area contributed by atoms with Gasteiger partial charge >= 0.3 is 6.03 Å². The second-order valence-corrected chi connectivity index (χ2v) is 2.40. The van der Waals surface area contributed by atoms with Gasteiger partial charge in [-0.15, -0.1) is 0 Å².